The highest BCUT2D eigenvalue weighted by atomic mass is 79.9. The Morgan fingerprint density at radius 2 is 2.10 bits per heavy atom. The van der Waals surface area contributed by atoms with E-state index in [9.17, 15) is 14.0 Å². The van der Waals surface area contributed by atoms with Crippen molar-refractivity contribution >= 4 is 33.6 Å². The molecule has 0 saturated heterocycles. The Hall–Kier alpha value is -1.63. The highest BCUT2D eigenvalue weighted by Crippen LogP contribution is 2.25. The Kier molecular flexibility index (Phi) is 5.17. The molecule has 2 unspecified atom stereocenters. The van der Waals surface area contributed by atoms with Crippen molar-refractivity contribution in [3.63, 3.8) is 0 Å². The number of carboxylic acids is 1. The number of rotatable bonds is 3. The molecule has 114 valence electrons. The van der Waals surface area contributed by atoms with Crippen LogP contribution in [0, 0.1) is 11.7 Å². The molecule has 5 nitrogen and oxygen atoms in total. The number of anilines is 1. The van der Waals surface area contributed by atoms with Gasteiger partial charge < -0.3 is 15.7 Å². The van der Waals surface area contributed by atoms with Crippen LogP contribution in [0.25, 0.3) is 0 Å². The molecule has 1 aliphatic rings. The monoisotopic (exact) mass is 358 g/mol. The molecule has 0 spiro atoms. The summed E-state index contributed by atoms with van der Waals surface area (Å²) in [5.41, 5.74) is 0.458. The summed E-state index contributed by atoms with van der Waals surface area (Å²) in [4.78, 5) is 22.9. The highest BCUT2D eigenvalue weighted by Gasteiger charge is 2.27. The van der Waals surface area contributed by atoms with Gasteiger partial charge in [-0.15, -0.1) is 0 Å². The number of aliphatic carboxylic acids is 1. The van der Waals surface area contributed by atoms with Gasteiger partial charge in [0.15, 0.2) is 0 Å². The minimum atomic E-state index is -0.816. The van der Waals surface area contributed by atoms with Crippen molar-refractivity contribution in [2.45, 2.75) is 31.7 Å². The summed E-state index contributed by atoms with van der Waals surface area (Å²) >= 11 is 3.17. The van der Waals surface area contributed by atoms with Crippen LogP contribution in [0.1, 0.15) is 25.7 Å². The van der Waals surface area contributed by atoms with E-state index in [4.69, 9.17) is 5.11 Å². The molecular weight excluding hydrogens is 343 g/mol. The average Bonchev–Trinajstić information content (AvgIpc) is 2.42. The van der Waals surface area contributed by atoms with Crippen LogP contribution in [0.2, 0.25) is 0 Å². The second-order valence-corrected chi connectivity index (χ2v) is 5.98. The summed E-state index contributed by atoms with van der Waals surface area (Å²) in [6.07, 6.45) is 2.63. The van der Waals surface area contributed by atoms with Gasteiger partial charge in [0.05, 0.1) is 11.6 Å². The zero-order chi connectivity index (χ0) is 15.4. The lowest BCUT2D eigenvalue weighted by Gasteiger charge is -2.27. The normalized spacial score (nSPS) is 21.6. The van der Waals surface area contributed by atoms with E-state index in [-0.39, 0.29) is 6.04 Å². The molecule has 1 fully saturated rings. The first-order valence-electron chi connectivity index (χ1n) is 6.71. The second-order valence-electron chi connectivity index (χ2n) is 5.12. The maximum Gasteiger partial charge on any atom is 0.319 e. The van der Waals surface area contributed by atoms with Gasteiger partial charge in [0.25, 0.3) is 0 Å². The number of urea groups is 1. The van der Waals surface area contributed by atoms with E-state index in [2.05, 4.69) is 26.6 Å². The first-order chi connectivity index (χ1) is 9.95. The highest BCUT2D eigenvalue weighted by molar-refractivity contribution is 9.10. The second kappa shape index (κ2) is 6.89. The van der Waals surface area contributed by atoms with E-state index in [0.29, 0.717) is 23.0 Å². The van der Waals surface area contributed by atoms with Crippen LogP contribution in [0.5, 0.6) is 0 Å². The summed E-state index contributed by atoms with van der Waals surface area (Å²) in [6.45, 7) is 0. The molecule has 0 bridgehead atoms. The smallest absolute Gasteiger partial charge is 0.319 e. The SMILES string of the molecule is O=C(Nc1ccc(F)cc1Br)NC1CCCC(C(=O)O)C1. The van der Waals surface area contributed by atoms with Gasteiger partial charge in [0.2, 0.25) is 0 Å². The molecule has 7 heteroatoms. The molecule has 1 aliphatic carbocycles. The number of nitrogens with one attached hydrogen (secondary N) is 2. The summed E-state index contributed by atoms with van der Waals surface area (Å²) < 4.78 is 13.4. The third kappa shape index (κ3) is 4.42. The lowest BCUT2D eigenvalue weighted by Crippen LogP contribution is -2.42. The van der Waals surface area contributed by atoms with E-state index in [0.717, 1.165) is 12.8 Å². The molecule has 1 saturated carbocycles. The van der Waals surface area contributed by atoms with Crippen LogP contribution in [0.15, 0.2) is 22.7 Å². The van der Waals surface area contributed by atoms with E-state index < -0.39 is 23.7 Å². The van der Waals surface area contributed by atoms with Gasteiger partial charge in [-0.2, -0.15) is 0 Å². The van der Waals surface area contributed by atoms with Crippen molar-refractivity contribution in [2.75, 3.05) is 5.32 Å². The Bertz CT molecular complexity index is 553. The van der Waals surface area contributed by atoms with Crippen molar-refractivity contribution in [3.05, 3.63) is 28.5 Å². The van der Waals surface area contributed by atoms with Gasteiger partial charge in [0.1, 0.15) is 5.82 Å². The molecule has 21 heavy (non-hydrogen) atoms. The molecule has 2 amide bonds. The lowest BCUT2D eigenvalue weighted by molar-refractivity contribution is -0.143. The third-order valence-corrected chi connectivity index (χ3v) is 4.19. The molecule has 1 aromatic rings. The predicted octanol–water partition coefficient (Wildman–Crippen LogP) is 3.35. The Balaban J connectivity index is 1.91. The van der Waals surface area contributed by atoms with Crippen LogP contribution in [-0.4, -0.2) is 23.1 Å². The number of hydrogen-bond donors (Lipinski definition) is 3. The molecule has 3 N–H and O–H groups in total. The van der Waals surface area contributed by atoms with E-state index >= 15 is 0 Å². The summed E-state index contributed by atoms with van der Waals surface area (Å²) in [5.74, 6) is -1.62. The summed E-state index contributed by atoms with van der Waals surface area (Å²) in [6, 6.07) is 3.40. The van der Waals surface area contributed by atoms with Crippen molar-refractivity contribution in [3.8, 4) is 0 Å². The van der Waals surface area contributed by atoms with Crippen LogP contribution < -0.4 is 10.6 Å². The molecule has 1 aromatic carbocycles. The Morgan fingerprint density at radius 1 is 1.33 bits per heavy atom. The Morgan fingerprint density at radius 3 is 2.76 bits per heavy atom. The maximum atomic E-state index is 13.0. The van der Waals surface area contributed by atoms with Crippen LogP contribution in [-0.2, 0) is 4.79 Å². The minimum Gasteiger partial charge on any atom is -0.481 e. The van der Waals surface area contributed by atoms with Crippen LogP contribution in [0.4, 0.5) is 14.9 Å². The zero-order valence-electron chi connectivity index (χ0n) is 11.2. The molecule has 0 aromatic heterocycles. The molecular formula is C14H16BrFN2O3. The van der Waals surface area contributed by atoms with Crippen molar-refractivity contribution in [1.29, 1.82) is 0 Å². The number of benzene rings is 1. The van der Waals surface area contributed by atoms with Crippen LogP contribution >= 0.6 is 15.9 Å². The van der Waals surface area contributed by atoms with Gasteiger partial charge in [0, 0.05) is 10.5 Å². The average molecular weight is 359 g/mol. The quantitative estimate of drug-likeness (QED) is 0.775. The third-order valence-electron chi connectivity index (χ3n) is 3.54. The number of amides is 2. The minimum absolute atomic E-state index is 0.154. The summed E-state index contributed by atoms with van der Waals surface area (Å²) in [5, 5.41) is 14.4. The fraction of sp³-hybridized carbons (Fsp3) is 0.429. The van der Waals surface area contributed by atoms with Gasteiger partial charge in [-0.3, -0.25) is 4.79 Å². The number of carbonyl (C=O) groups is 2. The molecule has 0 radical (unpaired) electrons. The standard InChI is InChI=1S/C14H16BrFN2O3/c15-11-7-9(16)4-5-12(11)18-14(21)17-10-3-1-2-8(6-10)13(19)20/h4-5,7-8,10H,1-3,6H2,(H,19,20)(H2,17,18,21). The van der Waals surface area contributed by atoms with E-state index in [1.807, 2.05) is 0 Å². The van der Waals surface area contributed by atoms with Gasteiger partial charge in [-0.1, -0.05) is 6.42 Å². The first kappa shape index (κ1) is 15.8. The van der Waals surface area contributed by atoms with Crippen molar-refractivity contribution in [1.82, 2.24) is 5.32 Å². The molecule has 2 atom stereocenters. The first-order valence-corrected chi connectivity index (χ1v) is 7.50. The van der Waals surface area contributed by atoms with Gasteiger partial charge >= 0.3 is 12.0 Å². The fourth-order valence-electron chi connectivity index (χ4n) is 2.48. The maximum absolute atomic E-state index is 13.0. The Labute approximate surface area is 130 Å². The zero-order valence-corrected chi connectivity index (χ0v) is 12.8. The lowest BCUT2D eigenvalue weighted by atomic mass is 9.86. The van der Waals surface area contributed by atoms with Gasteiger partial charge in [-0.05, 0) is 53.4 Å². The summed E-state index contributed by atoms with van der Waals surface area (Å²) in [7, 11) is 0. The predicted molar refractivity (Wildman–Crippen MR) is 79.6 cm³/mol. The van der Waals surface area contributed by atoms with E-state index in [1.165, 1.54) is 18.2 Å². The largest absolute Gasteiger partial charge is 0.481 e. The van der Waals surface area contributed by atoms with Crippen LogP contribution in [0.3, 0.4) is 0 Å². The number of halogens is 2. The molecule has 0 heterocycles. The molecule has 0 aliphatic heterocycles. The van der Waals surface area contributed by atoms with Crippen molar-refractivity contribution in [2.24, 2.45) is 5.92 Å². The molecule has 2 rings (SSSR count). The number of hydrogen-bond acceptors (Lipinski definition) is 2. The topological polar surface area (TPSA) is 78.4 Å². The van der Waals surface area contributed by atoms with Crippen molar-refractivity contribution < 1.29 is 19.1 Å². The fourth-order valence-corrected chi connectivity index (χ4v) is 2.93. The van der Waals surface area contributed by atoms with E-state index in [1.54, 1.807) is 0 Å². The number of carbonyl (C=O) groups excluding carboxylic acids is 1. The number of carboxylic acid groups (broad SMARTS) is 1. The van der Waals surface area contributed by atoms with Gasteiger partial charge in [-0.25, -0.2) is 9.18 Å².